The van der Waals surface area contributed by atoms with Crippen LogP contribution < -0.4 is 4.74 Å². The van der Waals surface area contributed by atoms with Crippen LogP contribution in [0.5, 0.6) is 11.5 Å². The van der Waals surface area contributed by atoms with Crippen molar-refractivity contribution in [3.8, 4) is 11.5 Å². The zero-order valence-corrected chi connectivity index (χ0v) is 13.6. The van der Waals surface area contributed by atoms with Gasteiger partial charge in [-0.3, -0.25) is 0 Å². The second kappa shape index (κ2) is 6.73. The minimum absolute atomic E-state index is 0.0385. The minimum Gasteiger partial charge on any atom is -0.508 e. The molecule has 0 amide bonds. The van der Waals surface area contributed by atoms with E-state index in [-0.39, 0.29) is 17.6 Å². The first kappa shape index (κ1) is 16.9. The Hall–Kier alpha value is -2.49. The summed E-state index contributed by atoms with van der Waals surface area (Å²) in [7, 11) is 0. The average Bonchev–Trinajstić information content (AvgIpc) is 2.48. The Balaban J connectivity index is 2.10. The molecule has 0 saturated heterocycles. The number of carbonyl (C=O) groups is 1. The highest BCUT2D eigenvalue weighted by Crippen LogP contribution is 2.25. The van der Waals surface area contributed by atoms with Gasteiger partial charge in [-0.2, -0.15) is 0 Å². The number of carboxylic acid groups (broad SMARTS) is 1. The van der Waals surface area contributed by atoms with Crippen LogP contribution >= 0.6 is 0 Å². The molecule has 2 aromatic carbocycles. The van der Waals surface area contributed by atoms with Crippen molar-refractivity contribution >= 4 is 5.97 Å². The van der Waals surface area contributed by atoms with E-state index in [1.54, 1.807) is 24.3 Å². The van der Waals surface area contributed by atoms with Crippen LogP contribution in [-0.2, 0) is 16.6 Å². The highest BCUT2D eigenvalue weighted by Gasteiger charge is 2.20. The second-order valence-electron chi connectivity index (χ2n) is 6.59. The first-order valence-electron chi connectivity index (χ1n) is 7.53. The van der Waals surface area contributed by atoms with Crippen molar-refractivity contribution in [2.75, 3.05) is 0 Å². The Morgan fingerprint density at radius 1 is 1.04 bits per heavy atom. The van der Waals surface area contributed by atoms with E-state index in [1.807, 2.05) is 12.1 Å². The van der Waals surface area contributed by atoms with Crippen LogP contribution in [0.1, 0.15) is 31.9 Å². The highest BCUT2D eigenvalue weighted by molar-refractivity contribution is 5.73. The van der Waals surface area contributed by atoms with Crippen LogP contribution in [0.2, 0.25) is 0 Å². The molecule has 2 aromatic rings. The van der Waals surface area contributed by atoms with Crippen molar-refractivity contribution < 1.29 is 19.7 Å². The third-order valence-corrected chi connectivity index (χ3v) is 3.63. The van der Waals surface area contributed by atoms with Crippen LogP contribution in [0.15, 0.2) is 48.5 Å². The zero-order chi connectivity index (χ0) is 17.0. The smallest absolute Gasteiger partial charge is 0.345 e. The molecular formula is C19H22O4. The Bertz CT molecular complexity index is 651. The van der Waals surface area contributed by atoms with Gasteiger partial charge in [0.15, 0.2) is 6.10 Å². The van der Waals surface area contributed by atoms with Crippen molar-refractivity contribution in [2.24, 2.45) is 0 Å². The number of phenolic OH excluding ortho intramolecular Hbond substituents is 1. The Labute approximate surface area is 136 Å². The molecule has 0 spiro atoms. The molecule has 1 atom stereocenters. The predicted octanol–water partition coefficient (Wildman–Crippen LogP) is 3.76. The Morgan fingerprint density at radius 3 is 2.09 bits per heavy atom. The summed E-state index contributed by atoms with van der Waals surface area (Å²) < 4.78 is 5.62. The fourth-order valence-electron chi connectivity index (χ4n) is 2.22. The molecule has 0 aliphatic heterocycles. The molecule has 0 unspecified atom stereocenters. The summed E-state index contributed by atoms with van der Waals surface area (Å²) in [4.78, 5) is 11.4. The first-order chi connectivity index (χ1) is 10.8. The molecule has 2 N–H and O–H groups in total. The van der Waals surface area contributed by atoms with Crippen LogP contribution in [0.4, 0.5) is 0 Å². The van der Waals surface area contributed by atoms with E-state index in [1.165, 1.54) is 12.1 Å². The molecule has 0 radical (unpaired) electrons. The van der Waals surface area contributed by atoms with Crippen molar-refractivity contribution in [3.05, 3.63) is 59.7 Å². The van der Waals surface area contributed by atoms with Gasteiger partial charge in [-0.05, 0) is 40.8 Å². The van der Waals surface area contributed by atoms with Gasteiger partial charge in [0.1, 0.15) is 11.5 Å². The summed E-state index contributed by atoms with van der Waals surface area (Å²) in [5.41, 5.74) is 1.99. The molecule has 23 heavy (non-hydrogen) atoms. The lowest BCUT2D eigenvalue weighted by Gasteiger charge is -2.20. The van der Waals surface area contributed by atoms with Crippen LogP contribution in [-0.4, -0.2) is 22.3 Å². The Morgan fingerprint density at radius 2 is 1.61 bits per heavy atom. The number of carboxylic acids is 1. The summed E-state index contributed by atoms with van der Waals surface area (Å²) >= 11 is 0. The fourth-order valence-corrected chi connectivity index (χ4v) is 2.22. The van der Waals surface area contributed by atoms with E-state index in [0.29, 0.717) is 5.75 Å². The number of aliphatic carboxylic acids is 1. The summed E-state index contributed by atoms with van der Waals surface area (Å²) in [6.07, 6.45) is -0.739. The largest absolute Gasteiger partial charge is 0.508 e. The van der Waals surface area contributed by atoms with Gasteiger partial charge in [0.05, 0.1) is 0 Å². The van der Waals surface area contributed by atoms with Crippen LogP contribution in [0, 0.1) is 0 Å². The lowest BCUT2D eigenvalue weighted by molar-refractivity contribution is -0.145. The molecule has 0 aliphatic carbocycles. The highest BCUT2D eigenvalue weighted by atomic mass is 16.5. The van der Waals surface area contributed by atoms with Crippen molar-refractivity contribution in [2.45, 2.75) is 38.7 Å². The molecule has 4 heteroatoms. The molecular weight excluding hydrogens is 292 g/mol. The van der Waals surface area contributed by atoms with E-state index in [9.17, 15) is 15.0 Å². The van der Waals surface area contributed by atoms with E-state index in [2.05, 4.69) is 20.8 Å². The predicted molar refractivity (Wildman–Crippen MR) is 89.0 cm³/mol. The SMILES string of the molecule is CC(C)(C)c1ccc(O[C@@H](Cc2ccc(O)cc2)C(=O)O)cc1. The number of ether oxygens (including phenoxy) is 1. The monoisotopic (exact) mass is 314 g/mol. The number of benzene rings is 2. The molecule has 0 aromatic heterocycles. The third-order valence-electron chi connectivity index (χ3n) is 3.63. The van der Waals surface area contributed by atoms with Gasteiger partial charge in [-0.15, -0.1) is 0 Å². The van der Waals surface area contributed by atoms with E-state index in [0.717, 1.165) is 11.1 Å². The maximum absolute atomic E-state index is 11.4. The van der Waals surface area contributed by atoms with Gasteiger partial charge in [-0.25, -0.2) is 4.79 Å². The zero-order valence-electron chi connectivity index (χ0n) is 13.6. The quantitative estimate of drug-likeness (QED) is 0.881. The maximum Gasteiger partial charge on any atom is 0.345 e. The van der Waals surface area contributed by atoms with E-state index in [4.69, 9.17) is 4.74 Å². The molecule has 2 rings (SSSR count). The summed E-state index contributed by atoms with van der Waals surface area (Å²) in [5.74, 6) is -0.332. The summed E-state index contributed by atoms with van der Waals surface area (Å²) in [5, 5.41) is 18.6. The van der Waals surface area contributed by atoms with Gasteiger partial charge in [-0.1, -0.05) is 45.0 Å². The second-order valence-corrected chi connectivity index (χ2v) is 6.59. The molecule has 0 saturated carbocycles. The van der Waals surface area contributed by atoms with Crippen LogP contribution in [0.25, 0.3) is 0 Å². The average molecular weight is 314 g/mol. The van der Waals surface area contributed by atoms with Crippen LogP contribution in [0.3, 0.4) is 0 Å². The van der Waals surface area contributed by atoms with E-state index >= 15 is 0 Å². The van der Waals surface area contributed by atoms with Gasteiger partial charge < -0.3 is 14.9 Å². The minimum atomic E-state index is -1.02. The summed E-state index contributed by atoms with van der Waals surface area (Å²) in [6.45, 7) is 6.36. The molecule has 0 aliphatic rings. The standard InChI is InChI=1S/C19H22O4/c1-19(2,3)14-6-10-16(11-7-14)23-17(18(21)22)12-13-4-8-15(20)9-5-13/h4-11,17,20H,12H2,1-3H3,(H,21,22)/t17-/m0/s1. The fraction of sp³-hybridized carbons (Fsp3) is 0.316. The Kier molecular flexibility index (Phi) is 4.94. The summed E-state index contributed by atoms with van der Waals surface area (Å²) in [6, 6.07) is 14.0. The number of phenols is 1. The normalized spacial score (nSPS) is 12.7. The van der Waals surface area contributed by atoms with Crippen molar-refractivity contribution in [1.82, 2.24) is 0 Å². The van der Waals surface area contributed by atoms with Gasteiger partial charge >= 0.3 is 5.97 Å². The lowest BCUT2D eigenvalue weighted by Crippen LogP contribution is -2.29. The van der Waals surface area contributed by atoms with Crippen molar-refractivity contribution in [3.63, 3.8) is 0 Å². The number of hydrogen-bond acceptors (Lipinski definition) is 3. The van der Waals surface area contributed by atoms with Crippen molar-refractivity contribution in [1.29, 1.82) is 0 Å². The van der Waals surface area contributed by atoms with Gasteiger partial charge in [0.2, 0.25) is 0 Å². The molecule has 0 heterocycles. The molecule has 0 fully saturated rings. The maximum atomic E-state index is 11.4. The number of hydrogen-bond donors (Lipinski definition) is 2. The number of rotatable bonds is 5. The lowest BCUT2D eigenvalue weighted by atomic mass is 9.87. The third kappa shape index (κ3) is 4.74. The number of aromatic hydroxyl groups is 1. The van der Waals surface area contributed by atoms with E-state index < -0.39 is 12.1 Å². The molecule has 0 bridgehead atoms. The van der Waals surface area contributed by atoms with Gasteiger partial charge in [0.25, 0.3) is 0 Å². The molecule has 122 valence electrons. The molecule has 4 nitrogen and oxygen atoms in total. The van der Waals surface area contributed by atoms with Gasteiger partial charge in [0, 0.05) is 6.42 Å². The topological polar surface area (TPSA) is 66.8 Å². The first-order valence-corrected chi connectivity index (χ1v) is 7.53.